The third-order valence-electron chi connectivity index (χ3n) is 3.95. The van der Waals surface area contributed by atoms with Crippen LogP contribution in [0.4, 0.5) is 24.7 Å². The number of carbonyl (C=O) groups excluding carboxylic acids is 1. The van der Waals surface area contributed by atoms with Crippen LogP contribution in [0.5, 0.6) is 5.75 Å². The number of hydrogen-bond donors (Lipinski definition) is 2. The Morgan fingerprint density at radius 2 is 2.04 bits per heavy atom. The minimum atomic E-state index is -3.82. The molecule has 1 fully saturated rings. The highest BCUT2D eigenvalue weighted by Gasteiger charge is 2.33. The van der Waals surface area contributed by atoms with Gasteiger partial charge in [-0.3, -0.25) is 4.79 Å². The second-order valence-corrected chi connectivity index (χ2v) is 7.34. The van der Waals surface area contributed by atoms with Gasteiger partial charge in [-0.2, -0.15) is 0 Å². The van der Waals surface area contributed by atoms with E-state index < -0.39 is 23.8 Å². The molecule has 0 radical (unpaired) electrons. The molecule has 2 N–H and O–H groups in total. The Morgan fingerprint density at radius 1 is 1.36 bits per heavy atom. The number of halogens is 5. The van der Waals surface area contributed by atoms with Crippen LogP contribution < -0.4 is 15.0 Å². The van der Waals surface area contributed by atoms with Gasteiger partial charge in [0.25, 0.3) is 5.91 Å². The molecule has 1 aromatic carbocycles. The predicted molar refractivity (Wildman–Crippen MR) is 101 cm³/mol. The van der Waals surface area contributed by atoms with Crippen molar-refractivity contribution in [3.8, 4) is 5.75 Å². The van der Waals surface area contributed by atoms with Crippen molar-refractivity contribution in [2.45, 2.75) is 17.8 Å². The Kier molecular flexibility index (Phi) is 6.01. The second kappa shape index (κ2) is 8.14. The first kappa shape index (κ1) is 20.7. The number of pyridine rings is 1. The highest BCUT2D eigenvalue weighted by atomic mass is 79.9. The summed E-state index contributed by atoms with van der Waals surface area (Å²) in [6.45, 7) is 0.113. The monoisotopic (exact) mass is 479 g/mol. The van der Waals surface area contributed by atoms with Crippen LogP contribution in [0.15, 0.2) is 41.0 Å². The maximum Gasteiger partial charge on any atom is 0.487 e. The van der Waals surface area contributed by atoms with Crippen molar-refractivity contribution < 1.29 is 27.8 Å². The first-order valence-corrected chi connectivity index (χ1v) is 9.19. The molecule has 1 aliphatic rings. The number of nitrogens with one attached hydrogen (secondary N) is 1. The van der Waals surface area contributed by atoms with Gasteiger partial charge in [0.15, 0.2) is 0 Å². The molecule has 0 saturated carbocycles. The second-order valence-electron chi connectivity index (χ2n) is 6.04. The fourth-order valence-corrected chi connectivity index (χ4v) is 3.34. The molecule has 1 saturated heterocycles. The number of anilines is 2. The Labute approximate surface area is 171 Å². The summed E-state index contributed by atoms with van der Waals surface area (Å²) in [5, 5.41) is 12.1. The first-order valence-electron chi connectivity index (χ1n) is 8.02. The van der Waals surface area contributed by atoms with Gasteiger partial charge in [0.1, 0.15) is 23.8 Å². The lowest BCUT2D eigenvalue weighted by atomic mass is 10.2. The van der Waals surface area contributed by atoms with E-state index in [9.17, 15) is 23.1 Å². The minimum absolute atomic E-state index is 0.00801. The van der Waals surface area contributed by atoms with E-state index in [2.05, 4.69) is 42.6 Å². The average molecular weight is 481 g/mol. The fourth-order valence-electron chi connectivity index (χ4n) is 2.65. The first-order chi connectivity index (χ1) is 13.1. The molecule has 2 aromatic rings. The number of carbonyl (C=O) groups is 1. The Bertz CT molecular complexity index is 857. The van der Waals surface area contributed by atoms with Crippen LogP contribution in [-0.4, -0.2) is 46.9 Å². The highest BCUT2D eigenvalue weighted by Crippen LogP contribution is 2.29. The van der Waals surface area contributed by atoms with E-state index >= 15 is 0 Å². The maximum absolute atomic E-state index is 13.5. The van der Waals surface area contributed by atoms with Crippen molar-refractivity contribution in [2.24, 2.45) is 0 Å². The average Bonchev–Trinajstić information content (AvgIpc) is 2.94. The lowest BCUT2D eigenvalue weighted by Crippen LogP contribution is -2.23. The van der Waals surface area contributed by atoms with Crippen LogP contribution in [0.1, 0.15) is 10.4 Å². The molecule has 2 atom stereocenters. The Hall–Kier alpha value is -2.04. The zero-order valence-corrected chi connectivity index (χ0v) is 16.4. The number of alkyl halides is 4. The van der Waals surface area contributed by atoms with E-state index in [1.807, 2.05) is 0 Å². The van der Waals surface area contributed by atoms with Gasteiger partial charge in [0.2, 0.25) is 0 Å². The minimum Gasteiger partial charge on any atom is -0.420 e. The molecule has 28 heavy (non-hydrogen) atoms. The molecule has 0 aliphatic carbocycles. The number of nitrogens with zero attached hydrogens (tertiary/aromatic N) is 2. The van der Waals surface area contributed by atoms with E-state index in [1.165, 1.54) is 36.5 Å². The molecule has 3 rings (SSSR count). The molecule has 0 spiro atoms. The summed E-state index contributed by atoms with van der Waals surface area (Å²) >= 11 is 7.99. The molecule has 0 bridgehead atoms. The van der Waals surface area contributed by atoms with Crippen LogP contribution in [0.2, 0.25) is 0 Å². The zero-order chi connectivity index (χ0) is 20.5. The third-order valence-corrected chi connectivity index (χ3v) is 4.61. The smallest absolute Gasteiger partial charge is 0.420 e. The predicted octanol–water partition coefficient (Wildman–Crippen LogP) is 3.78. The topological polar surface area (TPSA) is 74.7 Å². The number of amides is 1. The highest BCUT2D eigenvalue weighted by molar-refractivity contribution is 9.10. The van der Waals surface area contributed by atoms with Crippen molar-refractivity contribution >= 4 is 44.9 Å². The summed E-state index contributed by atoms with van der Waals surface area (Å²) < 4.78 is 43.3. The number of aliphatic hydroxyl groups excluding tert-OH is 1. The van der Waals surface area contributed by atoms with Crippen LogP contribution in [-0.2, 0) is 0 Å². The van der Waals surface area contributed by atoms with E-state index in [1.54, 1.807) is 4.90 Å². The number of aliphatic hydroxyl groups is 1. The van der Waals surface area contributed by atoms with E-state index in [0.29, 0.717) is 16.0 Å². The van der Waals surface area contributed by atoms with E-state index in [0.717, 1.165) is 0 Å². The normalized spacial score (nSPS) is 19.6. The standard InChI is InChI=1S/C17H14BrClF3N3O3/c18-12-5-9(6-23-15(12)25-7-13(20)14(26)8-25)16(27)24-10-1-3-11(4-2-10)28-17(19,21)22/h1-6,13-14,26H,7-8H2,(H,24,27)/t13-,14-/m0/s1. The van der Waals surface area contributed by atoms with Gasteiger partial charge < -0.3 is 20.1 Å². The van der Waals surface area contributed by atoms with Gasteiger partial charge in [-0.05, 0) is 46.3 Å². The molecule has 11 heteroatoms. The summed E-state index contributed by atoms with van der Waals surface area (Å²) in [5.74, 6) is -0.231. The van der Waals surface area contributed by atoms with Gasteiger partial charge in [-0.1, -0.05) is 0 Å². The lowest BCUT2D eigenvalue weighted by molar-refractivity contribution is -0.0964. The van der Waals surface area contributed by atoms with Gasteiger partial charge >= 0.3 is 5.57 Å². The van der Waals surface area contributed by atoms with Crippen molar-refractivity contribution in [1.82, 2.24) is 4.98 Å². The van der Waals surface area contributed by atoms with Crippen molar-refractivity contribution in [1.29, 1.82) is 0 Å². The number of ether oxygens (including phenoxy) is 1. The molecule has 1 aromatic heterocycles. The van der Waals surface area contributed by atoms with Gasteiger partial charge in [-0.25, -0.2) is 9.37 Å². The number of rotatable bonds is 5. The number of hydrogen-bond acceptors (Lipinski definition) is 5. The zero-order valence-electron chi connectivity index (χ0n) is 14.1. The maximum atomic E-state index is 13.5. The molecule has 6 nitrogen and oxygen atoms in total. The lowest BCUT2D eigenvalue weighted by Gasteiger charge is -2.18. The number of aromatic nitrogens is 1. The van der Waals surface area contributed by atoms with Crippen molar-refractivity contribution in [2.75, 3.05) is 23.3 Å². The van der Waals surface area contributed by atoms with Gasteiger partial charge in [-0.15, -0.1) is 8.78 Å². The van der Waals surface area contributed by atoms with Gasteiger partial charge in [0, 0.05) is 30.0 Å². The van der Waals surface area contributed by atoms with Crippen LogP contribution >= 0.6 is 27.5 Å². The Balaban J connectivity index is 1.67. The molecular weight excluding hydrogens is 467 g/mol. The largest absolute Gasteiger partial charge is 0.487 e. The third kappa shape index (κ3) is 5.06. The molecular formula is C17H14BrClF3N3O3. The SMILES string of the molecule is O=C(Nc1ccc(OC(F)(F)Cl)cc1)c1cnc(N2C[C@H](O)[C@@H](F)C2)c(Br)c1. The van der Waals surface area contributed by atoms with Crippen molar-refractivity contribution in [3.63, 3.8) is 0 Å². The Morgan fingerprint density at radius 3 is 2.57 bits per heavy atom. The summed E-state index contributed by atoms with van der Waals surface area (Å²) in [6.07, 6.45) is -1.12. The van der Waals surface area contributed by atoms with Crippen molar-refractivity contribution in [3.05, 3.63) is 46.6 Å². The molecule has 150 valence electrons. The van der Waals surface area contributed by atoms with E-state index in [4.69, 9.17) is 0 Å². The number of benzene rings is 1. The molecule has 2 heterocycles. The van der Waals surface area contributed by atoms with Crippen LogP contribution in [0.25, 0.3) is 0 Å². The quantitative estimate of drug-likeness (QED) is 0.637. The van der Waals surface area contributed by atoms with E-state index in [-0.39, 0.29) is 24.4 Å². The molecule has 0 unspecified atom stereocenters. The summed E-state index contributed by atoms with van der Waals surface area (Å²) in [4.78, 5) is 18.1. The van der Waals surface area contributed by atoms with Crippen LogP contribution in [0, 0.1) is 0 Å². The molecule has 1 amide bonds. The summed E-state index contributed by atoms with van der Waals surface area (Å²) in [7, 11) is 0. The summed E-state index contributed by atoms with van der Waals surface area (Å²) in [6, 6.07) is 6.73. The van der Waals surface area contributed by atoms with Crippen LogP contribution in [0.3, 0.4) is 0 Å². The van der Waals surface area contributed by atoms with Gasteiger partial charge in [0.05, 0.1) is 16.6 Å². The fraction of sp³-hybridized carbons (Fsp3) is 0.294. The summed E-state index contributed by atoms with van der Waals surface area (Å²) in [5.41, 5.74) is -3.25. The number of β-amino-alcohol motifs (C(OH)–C–C–N with tert-alkyl or cyclic N) is 1. The molecule has 1 aliphatic heterocycles.